The summed E-state index contributed by atoms with van der Waals surface area (Å²) in [5.74, 6) is 2.63. The summed E-state index contributed by atoms with van der Waals surface area (Å²) in [6.45, 7) is 8.41. The summed E-state index contributed by atoms with van der Waals surface area (Å²) in [4.78, 5) is 11.9. The van der Waals surface area contributed by atoms with Crippen molar-refractivity contribution >= 4 is 0 Å². The number of benzene rings is 1. The third-order valence-corrected chi connectivity index (χ3v) is 6.67. The molecular weight excluding hydrogens is 386 g/mol. The molecule has 0 atom stereocenters. The molecule has 0 saturated carbocycles. The van der Waals surface area contributed by atoms with Crippen LogP contribution in [0.2, 0.25) is 0 Å². The van der Waals surface area contributed by atoms with Gasteiger partial charge in [-0.25, -0.2) is 9.97 Å². The van der Waals surface area contributed by atoms with E-state index < -0.39 is 0 Å². The van der Waals surface area contributed by atoms with Crippen LogP contribution in [0, 0.1) is 12.8 Å². The SMILES string of the molecule is Cc1ccc(OCCCN2CCCC2)cc1Cc1nccc(CCC2CCOCC2)n1. The van der Waals surface area contributed by atoms with Crippen molar-refractivity contribution in [2.75, 3.05) is 39.5 Å². The van der Waals surface area contributed by atoms with Crippen molar-refractivity contribution in [3.8, 4) is 5.75 Å². The highest BCUT2D eigenvalue weighted by atomic mass is 16.5. The van der Waals surface area contributed by atoms with Gasteiger partial charge in [0.25, 0.3) is 0 Å². The lowest BCUT2D eigenvalue weighted by molar-refractivity contribution is 0.0639. The largest absolute Gasteiger partial charge is 0.494 e. The second-order valence-corrected chi connectivity index (χ2v) is 9.07. The Kier molecular flexibility index (Phi) is 8.31. The number of nitrogens with zero attached hydrogens (tertiary/aromatic N) is 3. The van der Waals surface area contributed by atoms with Crippen LogP contribution in [0.25, 0.3) is 0 Å². The number of hydrogen-bond donors (Lipinski definition) is 0. The Balaban J connectivity index is 1.29. The van der Waals surface area contributed by atoms with Crippen molar-refractivity contribution in [3.63, 3.8) is 0 Å². The molecule has 0 bridgehead atoms. The lowest BCUT2D eigenvalue weighted by Gasteiger charge is -2.21. The summed E-state index contributed by atoms with van der Waals surface area (Å²) >= 11 is 0. The van der Waals surface area contributed by atoms with Gasteiger partial charge in [0.1, 0.15) is 11.6 Å². The van der Waals surface area contributed by atoms with Crippen molar-refractivity contribution in [3.05, 3.63) is 53.1 Å². The first-order valence-corrected chi connectivity index (χ1v) is 12.1. The first-order chi connectivity index (χ1) is 15.3. The Morgan fingerprint density at radius 2 is 1.97 bits per heavy atom. The van der Waals surface area contributed by atoms with E-state index in [9.17, 15) is 0 Å². The first-order valence-electron chi connectivity index (χ1n) is 12.1. The average molecular weight is 424 g/mol. The van der Waals surface area contributed by atoms with Crippen LogP contribution in [0.4, 0.5) is 0 Å². The van der Waals surface area contributed by atoms with E-state index in [1.54, 1.807) is 0 Å². The van der Waals surface area contributed by atoms with Gasteiger partial charge >= 0.3 is 0 Å². The molecule has 31 heavy (non-hydrogen) atoms. The highest BCUT2D eigenvalue weighted by molar-refractivity contribution is 5.36. The summed E-state index contributed by atoms with van der Waals surface area (Å²) in [7, 11) is 0. The van der Waals surface area contributed by atoms with Crippen LogP contribution in [-0.2, 0) is 17.6 Å². The van der Waals surface area contributed by atoms with Gasteiger partial charge in [0, 0.05) is 38.1 Å². The minimum absolute atomic E-state index is 0.752. The molecule has 168 valence electrons. The summed E-state index contributed by atoms with van der Waals surface area (Å²) in [5, 5.41) is 0. The van der Waals surface area contributed by atoms with Gasteiger partial charge in [-0.15, -0.1) is 0 Å². The van der Waals surface area contributed by atoms with Crippen LogP contribution in [0.15, 0.2) is 30.5 Å². The first kappa shape index (κ1) is 22.2. The topological polar surface area (TPSA) is 47.5 Å². The fourth-order valence-electron chi connectivity index (χ4n) is 4.64. The summed E-state index contributed by atoms with van der Waals surface area (Å²) in [6, 6.07) is 8.47. The molecule has 2 saturated heterocycles. The van der Waals surface area contributed by atoms with Crippen LogP contribution in [0.1, 0.15) is 61.2 Å². The van der Waals surface area contributed by atoms with Crippen LogP contribution in [0.3, 0.4) is 0 Å². The van der Waals surface area contributed by atoms with Crippen molar-refractivity contribution in [2.45, 2.75) is 58.3 Å². The van der Waals surface area contributed by atoms with Crippen molar-refractivity contribution in [1.29, 1.82) is 0 Å². The fourth-order valence-corrected chi connectivity index (χ4v) is 4.64. The summed E-state index contributed by atoms with van der Waals surface area (Å²) in [5.41, 5.74) is 3.67. The molecule has 3 heterocycles. The van der Waals surface area contributed by atoms with Crippen LogP contribution in [-0.4, -0.2) is 54.3 Å². The smallest absolute Gasteiger partial charge is 0.132 e. The van der Waals surface area contributed by atoms with E-state index in [2.05, 4.69) is 41.1 Å². The van der Waals surface area contributed by atoms with E-state index in [1.807, 2.05) is 6.20 Å². The molecule has 1 aromatic heterocycles. The minimum atomic E-state index is 0.752. The molecule has 0 radical (unpaired) electrons. The number of hydrogen-bond acceptors (Lipinski definition) is 5. The van der Waals surface area contributed by atoms with E-state index in [0.717, 1.165) is 68.8 Å². The van der Waals surface area contributed by atoms with Gasteiger partial charge in [0.05, 0.1) is 6.61 Å². The quantitative estimate of drug-likeness (QED) is 0.523. The molecule has 0 aliphatic carbocycles. The molecule has 0 spiro atoms. The third-order valence-electron chi connectivity index (χ3n) is 6.67. The van der Waals surface area contributed by atoms with Crippen LogP contribution < -0.4 is 4.74 Å². The lowest BCUT2D eigenvalue weighted by atomic mass is 9.94. The van der Waals surface area contributed by atoms with Gasteiger partial charge in [0.15, 0.2) is 0 Å². The molecule has 2 fully saturated rings. The van der Waals surface area contributed by atoms with Gasteiger partial charge in [0.2, 0.25) is 0 Å². The van der Waals surface area contributed by atoms with E-state index >= 15 is 0 Å². The Hall–Kier alpha value is -1.98. The van der Waals surface area contributed by atoms with Crippen LogP contribution >= 0.6 is 0 Å². The second-order valence-electron chi connectivity index (χ2n) is 9.07. The Morgan fingerprint density at radius 1 is 1.13 bits per heavy atom. The van der Waals surface area contributed by atoms with Crippen molar-refractivity contribution in [2.24, 2.45) is 5.92 Å². The maximum atomic E-state index is 6.05. The number of aryl methyl sites for hydroxylation is 2. The van der Waals surface area contributed by atoms with E-state index in [1.165, 1.54) is 56.3 Å². The summed E-state index contributed by atoms with van der Waals surface area (Å²) in [6.07, 6.45) is 11.0. The molecule has 2 aliphatic rings. The van der Waals surface area contributed by atoms with Gasteiger partial charge in [-0.2, -0.15) is 0 Å². The number of rotatable bonds is 10. The predicted octanol–water partition coefficient (Wildman–Crippen LogP) is 4.60. The zero-order valence-electron chi connectivity index (χ0n) is 19.0. The van der Waals surface area contributed by atoms with Gasteiger partial charge in [-0.1, -0.05) is 6.07 Å². The average Bonchev–Trinajstić information content (AvgIpc) is 3.32. The molecule has 1 aromatic carbocycles. The Bertz CT molecular complexity index is 814. The monoisotopic (exact) mass is 423 g/mol. The van der Waals surface area contributed by atoms with Gasteiger partial charge in [-0.3, -0.25) is 0 Å². The minimum Gasteiger partial charge on any atom is -0.494 e. The van der Waals surface area contributed by atoms with Gasteiger partial charge in [-0.05, 0) is 100 Å². The highest BCUT2D eigenvalue weighted by Crippen LogP contribution is 2.22. The number of likely N-dealkylation sites (tertiary alicyclic amines) is 1. The number of ether oxygens (including phenoxy) is 2. The molecule has 5 nitrogen and oxygen atoms in total. The van der Waals surface area contributed by atoms with Crippen molar-refractivity contribution in [1.82, 2.24) is 14.9 Å². The second kappa shape index (κ2) is 11.6. The van der Waals surface area contributed by atoms with Crippen molar-refractivity contribution < 1.29 is 9.47 Å². The molecule has 0 amide bonds. The maximum absolute atomic E-state index is 6.05. The van der Waals surface area contributed by atoms with E-state index in [-0.39, 0.29) is 0 Å². The molecule has 4 rings (SSSR count). The van der Waals surface area contributed by atoms with Gasteiger partial charge < -0.3 is 14.4 Å². The summed E-state index contributed by atoms with van der Waals surface area (Å²) < 4.78 is 11.5. The fraction of sp³-hybridized carbons (Fsp3) is 0.615. The standard InChI is InChI=1S/C26H37N3O2/c1-21-5-8-25(31-16-4-15-29-13-2-3-14-29)19-23(21)20-26-27-12-9-24(28-26)7-6-22-10-17-30-18-11-22/h5,8-9,12,19,22H,2-4,6-7,10-11,13-18,20H2,1H3. The molecule has 0 unspecified atom stereocenters. The molecule has 0 N–H and O–H groups in total. The molecule has 5 heteroatoms. The zero-order chi connectivity index (χ0) is 21.3. The highest BCUT2D eigenvalue weighted by Gasteiger charge is 2.14. The lowest BCUT2D eigenvalue weighted by Crippen LogP contribution is -2.21. The zero-order valence-corrected chi connectivity index (χ0v) is 19.0. The van der Waals surface area contributed by atoms with Crippen LogP contribution in [0.5, 0.6) is 5.75 Å². The maximum Gasteiger partial charge on any atom is 0.132 e. The number of aromatic nitrogens is 2. The third kappa shape index (κ3) is 7.01. The Morgan fingerprint density at radius 3 is 2.81 bits per heavy atom. The van der Waals surface area contributed by atoms with E-state index in [0.29, 0.717) is 0 Å². The normalized spacial score (nSPS) is 17.8. The van der Waals surface area contributed by atoms with E-state index in [4.69, 9.17) is 14.5 Å². The molecule has 2 aliphatic heterocycles. The Labute approximate surface area is 187 Å². The predicted molar refractivity (Wildman–Crippen MR) is 124 cm³/mol. The molecule has 2 aromatic rings. The molecular formula is C26H37N3O2.